The molecule has 0 atom stereocenters. The van der Waals surface area contributed by atoms with Gasteiger partial charge in [0, 0.05) is 6.07 Å². The van der Waals surface area contributed by atoms with Crippen LogP contribution in [0.2, 0.25) is 0 Å². The Kier molecular flexibility index (Phi) is 5.66. The van der Waals surface area contributed by atoms with Gasteiger partial charge in [0.25, 0.3) is 5.69 Å². The fourth-order valence-electron chi connectivity index (χ4n) is 2.02. The molecular formula is C14H20N2O5. The molecule has 0 heterocycles. The first kappa shape index (κ1) is 16.9. The van der Waals surface area contributed by atoms with E-state index in [0.29, 0.717) is 12.8 Å². The molecule has 1 rings (SSSR count). The lowest BCUT2D eigenvalue weighted by Gasteiger charge is -2.31. The molecule has 0 radical (unpaired) electrons. The molecule has 1 aromatic rings. The van der Waals surface area contributed by atoms with Crippen molar-refractivity contribution in [2.75, 3.05) is 19.0 Å². The number of anilines is 1. The Labute approximate surface area is 123 Å². The molecule has 21 heavy (non-hydrogen) atoms. The van der Waals surface area contributed by atoms with Crippen molar-refractivity contribution in [3.8, 4) is 0 Å². The van der Waals surface area contributed by atoms with E-state index in [1.165, 1.54) is 25.3 Å². The highest BCUT2D eigenvalue weighted by atomic mass is 16.6. The van der Waals surface area contributed by atoms with Crippen LogP contribution in [0.15, 0.2) is 18.2 Å². The molecule has 2 N–H and O–H groups in total. The number of hydrogen-bond donors (Lipinski definition) is 2. The summed E-state index contributed by atoms with van der Waals surface area (Å²) in [6, 6.07) is 3.97. The molecule has 0 bridgehead atoms. The Morgan fingerprint density at radius 2 is 2.05 bits per heavy atom. The van der Waals surface area contributed by atoms with E-state index in [0.717, 1.165) is 0 Å². The maximum Gasteiger partial charge on any atom is 0.337 e. The summed E-state index contributed by atoms with van der Waals surface area (Å²) in [7, 11) is 1.24. The SMILES string of the molecule is CCC(CC)(CO)Nc1cc(C(=O)OC)ccc1[N+](=O)[O-]. The molecular weight excluding hydrogens is 276 g/mol. The summed E-state index contributed by atoms with van der Waals surface area (Å²) in [4.78, 5) is 22.1. The van der Waals surface area contributed by atoms with Crippen LogP contribution in [0.5, 0.6) is 0 Å². The summed E-state index contributed by atoms with van der Waals surface area (Å²) in [6.07, 6.45) is 1.17. The van der Waals surface area contributed by atoms with E-state index >= 15 is 0 Å². The number of hydrogen-bond acceptors (Lipinski definition) is 6. The maximum atomic E-state index is 11.6. The number of nitro groups is 1. The molecule has 0 amide bonds. The van der Waals surface area contributed by atoms with Crippen molar-refractivity contribution < 1.29 is 19.6 Å². The molecule has 0 unspecified atom stereocenters. The van der Waals surface area contributed by atoms with Gasteiger partial charge in [-0.25, -0.2) is 4.79 Å². The van der Waals surface area contributed by atoms with Gasteiger partial charge in [0.2, 0.25) is 0 Å². The second-order valence-corrected chi connectivity index (χ2v) is 4.75. The number of aliphatic hydroxyl groups is 1. The lowest BCUT2D eigenvalue weighted by atomic mass is 9.93. The molecule has 0 aliphatic carbocycles. The van der Waals surface area contributed by atoms with Crippen molar-refractivity contribution in [1.82, 2.24) is 0 Å². The second-order valence-electron chi connectivity index (χ2n) is 4.75. The van der Waals surface area contributed by atoms with E-state index in [4.69, 9.17) is 0 Å². The number of ether oxygens (including phenoxy) is 1. The van der Waals surface area contributed by atoms with E-state index in [1.807, 2.05) is 13.8 Å². The van der Waals surface area contributed by atoms with Crippen LogP contribution in [-0.4, -0.2) is 35.3 Å². The molecule has 7 nitrogen and oxygen atoms in total. The largest absolute Gasteiger partial charge is 0.465 e. The summed E-state index contributed by atoms with van der Waals surface area (Å²) in [6.45, 7) is 3.59. The van der Waals surface area contributed by atoms with Crippen molar-refractivity contribution in [2.45, 2.75) is 32.2 Å². The van der Waals surface area contributed by atoms with Crippen LogP contribution in [0.1, 0.15) is 37.0 Å². The van der Waals surface area contributed by atoms with E-state index in [9.17, 15) is 20.0 Å². The molecule has 0 fully saturated rings. The van der Waals surface area contributed by atoms with Gasteiger partial charge >= 0.3 is 5.97 Å². The summed E-state index contributed by atoms with van der Waals surface area (Å²) in [5.74, 6) is -0.574. The zero-order valence-electron chi connectivity index (χ0n) is 12.4. The predicted molar refractivity (Wildman–Crippen MR) is 78.5 cm³/mol. The van der Waals surface area contributed by atoms with Gasteiger partial charge in [-0.1, -0.05) is 13.8 Å². The third kappa shape index (κ3) is 3.69. The minimum Gasteiger partial charge on any atom is -0.465 e. The van der Waals surface area contributed by atoms with Crippen LogP contribution in [0.3, 0.4) is 0 Å². The third-order valence-electron chi connectivity index (χ3n) is 3.67. The van der Waals surface area contributed by atoms with Crippen LogP contribution in [-0.2, 0) is 4.74 Å². The molecule has 0 saturated heterocycles. The highest BCUT2D eigenvalue weighted by Crippen LogP contribution is 2.30. The van der Waals surface area contributed by atoms with Crippen LogP contribution in [0, 0.1) is 10.1 Å². The predicted octanol–water partition coefficient (Wildman–Crippen LogP) is 2.34. The van der Waals surface area contributed by atoms with Crippen LogP contribution >= 0.6 is 0 Å². The van der Waals surface area contributed by atoms with Gasteiger partial charge in [0.1, 0.15) is 5.69 Å². The Balaban J connectivity index is 3.29. The second kappa shape index (κ2) is 7.03. The first-order chi connectivity index (χ1) is 9.92. The third-order valence-corrected chi connectivity index (χ3v) is 3.67. The number of carbonyl (C=O) groups excluding carboxylic acids is 1. The number of methoxy groups -OCH3 is 1. The number of rotatable bonds is 7. The number of benzene rings is 1. The number of esters is 1. The van der Waals surface area contributed by atoms with Crippen molar-refractivity contribution >= 4 is 17.3 Å². The van der Waals surface area contributed by atoms with Gasteiger partial charge in [-0.2, -0.15) is 0 Å². The van der Waals surface area contributed by atoms with Crippen LogP contribution in [0.4, 0.5) is 11.4 Å². The van der Waals surface area contributed by atoms with Crippen molar-refractivity contribution in [2.24, 2.45) is 0 Å². The Morgan fingerprint density at radius 1 is 1.43 bits per heavy atom. The lowest BCUT2D eigenvalue weighted by molar-refractivity contribution is -0.384. The van der Waals surface area contributed by atoms with Gasteiger partial charge in [-0.3, -0.25) is 10.1 Å². The normalized spacial score (nSPS) is 11.0. The molecule has 0 aromatic heterocycles. The first-order valence-electron chi connectivity index (χ1n) is 6.68. The number of nitro benzene ring substituents is 1. The van der Waals surface area contributed by atoms with Crippen molar-refractivity contribution in [1.29, 1.82) is 0 Å². The fourth-order valence-corrected chi connectivity index (χ4v) is 2.02. The van der Waals surface area contributed by atoms with Crippen LogP contribution in [0.25, 0.3) is 0 Å². The van der Waals surface area contributed by atoms with Crippen molar-refractivity contribution in [3.63, 3.8) is 0 Å². The Bertz CT molecular complexity index is 518. The Morgan fingerprint density at radius 3 is 2.48 bits per heavy atom. The summed E-state index contributed by atoms with van der Waals surface area (Å²) >= 11 is 0. The monoisotopic (exact) mass is 296 g/mol. The number of aliphatic hydroxyl groups excluding tert-OH is 1. The average Bonchev–Trinajstić information content (AvgIpc) is 2.51. The topological polar surface area (TPSA) is 102 Å². The van der Waals surface area contributed by atoms with Crippen LogP contribution < -0.4 is 5.32 Å². The minimum absolute atomic E-state index is 0.151. The zero-order valence-corrected chi connectivity index (χ0v) is 12.4. The van der Waals surface area contributed by atoms with E-state index in [2.05, 4.69) is 10.1 Å². The highest BCUT2D eigenvalue weighted by molar-refractivity contribution is 5.91. The van der Waals surface area contributed by atoms with Crippen molar-refractivity contribution in [3.05, 3.63) is 33.9 Å². The summed E-state index contributed by atoms with van der Waals surface area (Å²) in [5.41, 5.74) is -0.410. The summed E-state index contributed by atoms with van der Waals surface area (Å²) < 4.78 is 4.61. The van der Waals surface area contributed by atoms with E-state index in [1.54, 1.807) is 0 Å². The van der Waals surface area contributed by atoms with Gasteiger partial charge < -0.3 is 15.2 Å². The van der Waals surface area contributed by atoms with Gasteiger partial charge in [0.15, 0.2) is 0 Å². The van der Waals surface area contributed by atoms with Gasteiger partial charge in [-0.05, 0) is 25.0 Å². The molecule has 1 aromatic carbocycles. The first-order valence-corrected chi connectivity index (χ1v) is 6.68. The molecule has 116 valence electrons. The molecule has 0 aliphatic rings. The number of nitrogens with zero attached hydrogens (tertiary/aromatic N) is 1. The average molecular weight is 296 g/mol. The Hall–Kier alpha value is -2.15. The quantitative estimate of drug-likeness (QED) is 0.455. The zero-order chi connectivity index (χ0) is 16.0. The van der Waals surface area contributed by atoms with Gasteiger partial charge in [0.05, 0.1) is 29.7 Å². The molecule has 0 spiro atoms. The minimum atomic E-state index is -0.667. The lowest BCUT2D eigenvalue weighted by Crippen LogP contribution is -2.41. The smallest absolute Gasteiger partial charge is 0.337 e. The summed E-state index contributed by atoms with van der Waals surface area (Å²) in [5, 5.41) is 23.7. The number of nitrogens with one attached hydrogen (secondary N) is 1. The molecule has 0 saturated carbocycles. The molecule has 0 aliphatic heterocycles. The standard InChI is InChI=1S/C14H20N2O5/c1-4-14(5-2,9-17)15-11-8-10(13(18)21-3)6-7-12(11)16(19)20/h6-8,15,17H,4-5,9H2,1-3H3. The highest BCUT2D eigenvalue weighted by Gasteiger charge is 2.28. The van der Waals surface area contributed by atoms with E-state index < -0.39 is 16.4 Å². The molecule has 7 heteroatoms. The maximum absolute atomic E-state index is 11.6. The van der Waals surface area contributed by atoms with Gasteiger partial charge in [-0.15, -0.1) is 0 Å². The van der Waals surface area contributed by atoms with E-state index in [-0.39, 0.29) is 23.5 Å². The number of carbonyl (C=O) groups is 1. The fraction of sp³-hybridized carbons (Fsp3) is 0.500.